The lowest BCUT2D eigenvalue weighted by Crippen LogP contribution is -2.30. The summed E-state index contributed by atoms with van der Waals surface area (Å²) in [4.78, 5) is 38.1. The molecule has 65 heavy (non-hydrogen) atoms. The van der Waals surface area contributed by atoms with Crippen LogP contribution in [-0.2, 0) is 28.6 Å². The molecule has 6 heteroatoms. The van der Waals surface area contributed by atoms with E-state index in [0.29, 0.717) is 19.3 Å². The van der Waals surface area contributed by atoms with Crippen LogP contribution in [0.3, 0.4) is 0 Å². The van der Waals surface area contributed by atoms with Crippen molar-refractivity contribution in [1.82, 2.24) is 0 Å². The number of carbonyl (C=O) groups is 3. The maximum absolute atomic E-state index is 12.8. The second-order valence-electron chi connectivity index (χ2n) is 18.5. The number of unbranched alkanes of at least 4 members (excludes halogenated alkanes) is 29. The van der Waals surface area contributed by atoms with Gasteiger partial charge in [-0.1, -0.05) is 210 Å². The third-order valence-corrected chi connectivity index (χ3v) is 12.0. The lowest BCUT2D eigenvalue weighted by atomic mass is 10.1. The molecule has 0 aromatic rings. The van der Waals surface area contributed by atoms with Crippen molar-refractivity contribution < 1.29 is 28.6 Å². The second-order valence-corrected chi connectivity index (χ2v) is 18.5. The first-order valence-corrected chi connectivity index (χ1v) is 27.8. The zero-order valence-electron chi connectivity index (χ0n) is 43.0. The molecular formula is C59H104O6. The molecule has 0 aliphatic heterocycles. The van der Waals surface area contributed by atoms with Crippen molar-refractivity contribution in [3.05, 3.63) is 60.8 Å². The fourth-order valence-electron chi connectivity index (χ4n) is 7.73. The predicted molar refractivity (Wildman–Crippen MR) is 279 cm³/mol. The Kier molecular flexibility index (Phi) is 51.3. The second kappa shape index (κ2) is 53.7. The van der Waals surface area contributed by atoms with Gasteiger partial charge >= 0.3 is 17.9 Å². The van der Waals surface area contributed by atoms with Crippen molar-refractivity contribution in [3.63, 3.8) is 0 Å². The SMILES string of the molecule is CCCCC/C=C\C/C=C\C/C=C\CCCCC(=O)OC[C@H](COC(=O)CCCCCCCCC/C=C\CCCCCC)OC(=O)CCCCCCCCC/C=C\CCCCCCCC. The molecule has 0 aliphatic carbocycles. The van der Waals surface area contributed by atoms with Crippen LogP contribution < -0.4 is 0 Å². The number of rotatable bonds is 50. The Bertz CT molecular complexity index is 1180. The molecule has 0 saturated heterocycles. The molecule has 0 radical (unpaired) electrons. The molecular weight excluding hydrogens is 805 g/mol. The Morgan fingerprint density at radius 3 is 0.954 bits per heavy atom. The summed E-state index contributed by atoms with van der Waals surface area (Å²) in [5, 5.41) is 0. The van der Waals surface area contributed by atoms with Gasteiger partial charge in [0.05, 0.1) is 0 Å². The molecule has 0 rings (SSSR count). The van der Waals surface area contributed by atoms with E-state index in [1.165, 1.54) is 167 Å². The van der Waals surface area contributed by atoms with Crippen LogP contribution in [0.5, 0.6) is 0 Å². The molecule has 0 amide bonds. The maximum atomic E-state index is 12.8. The Morgan fingerprint density at radius 1 is 0.308 bits per heavy atom. The van der Waals surface area contributed by atoms with Crippen molar-refractivity contribution >= 4 is 17.9 Å². The van der Waals surface area contributed by atoms with Crippen molar-refractivity contribution in [3.8, 4) is 0 Å². The number of hydrogen-bond donors (Lipinski definition) is 0. The van der Waals surface area contributed by atoms with E-state index in [1.54, 1.807) is 0 Å². The predicted octanol–water partition coefficient (Wildman–Crippen LogP) is 18.4. The van der Waals surface area contributed by atoms with E-state index in [2.05, 4.69) is 81.5 Å². The van der Waals surface area contributed by atoms with Gasteiger partial charge in [0, 0.05) is 19.3 Å². The van der Waals surface area contributed by atoms with Crippen molar-refractivity contribution in [2.75, 3.05) is 13.2 Å². The summed E-state index contributed by atoms with van der Waals surface area (Å²) in [6.45, 7) is 6.57. The first kappa shape index (κ1) is 62.1. The maximum Gasteiger partial charge on any atom is 0.306 e. The topological polar surface area (TPSA) is 78.9 Å². The highest BCUT2D eigenvalue weighted by Gasteiger charge is 2.19. The molecule has 0 bridgehead atoms. The number of allylic oxidation sites excluding steroid dienone is 10. The monoisotopic (exact) mass is 909 g/mol. The van der Waals surface area contributed by atoms with Crippen LogP contribution in [0.2, 0.25) is 0 Å². The van der Waals surface area contributed by atoms with Crippen molar-refractivity contribution in [1.29, 1.82) is 0 Å². The van der Waals surface area contributed by atoms with Gasteiger partial charge in [0.1, 0.15) is 13.2 Å². The lowest BCUT2D eigenvalue weighted by molar-refractivity contribution is -0.167. The number of hydrogen-bond acceptors (Lipinski definition) is 6. The van der Waals surface area contributed by atoms with E-state index in [9.17, 15) is 14.4 Å². The first-order chi connectivity index (χ1) is 32.0. The summed E-state index contributed by atoms with van der Waals surface area (Å²) in [6, 6.07) is 0. The Morgan fingerprint density at radius 2 is 0.554 bits per heavy atom. The van der Waals surface area contributed by atoms with Gasteiger partial charge in [0.25, 0.3) is 0 Å². The highest BCUT2D eigenvalue weighted by atomic mass is 16.6. The molecule has 0 aliphatic rings. The van der Waals surface area contributed by atoms with Crippen LogP contribution in [-0.4, -0.2) is 37.2 Å². The number of esters is 3. The molecule has 0 N–H and O–H groups in total. The lowest BCUT2D eigenvalue weighted by Gasteiger charge is -2.18. The molecule has 0 spiro atoms. The molecule has 6 nitrogen and oxygen atoms in total. The van der Waals surface area contributed by atoms with Crippen LogP contribution in [0, 0.1) is 0 Å². The van der Waals surface area contributed by atoms with E-state index >= 15 is 0 Å². The van der Waals surface area contributed by atoms with E-state index in [4.69, 9.17) is 14.2 Å². The van der Waals surface area contributed by atoms with Gasteiger partial charge in [-0.2, -0.15) is 0 Å². The van der Waals surface area contributed by atoms with Gasteiger partial charge in [-0.25, -0.2) is 0 Å². The summed E-state index contributed by atoms with van der Waals surface area (Å²) in [5.74, 6) is -0.930. The zero-order chi connectivity index (χ0) is 47.2. The van der Waals surface area contributed by atoms with Crippen LogP contribution in [0.4, 0.5) is 0 Å². The Balaban J connectivity index is 4.44. The number of ether oxygens (including phenoxy) is 3. The smallest absolute Gasteiger partial charge is 0.306 e. The van der Waals surface area contributed by atoms with Crippen LogP contribution >= 0.6 is 0 Å². The molecule has 0 aromatic carbocycles. The third-order valence-electron chi connectivity index (χ3n) is 12.0. The number of carbonyl (C=O) groups excluding carboxylic acids is 3. The average Bonchev–Trinajstić information content (AvgIpc) is 3.30. The minimum Gasteiger partial charge on any atom is -0.462 e. The summed E-state index contributed by atoms with van der Waals surface area (Å²) < 4.78 is 16.8. The average molecular weight is 909 g/mol. The standard InChI is InChI=1S/C59H104O6/c1-4-7-10-13-16-19-22-25-28-29-32-35-38-41-44-47-50-53-59(62)65-56(54-63-57(60)51-48-45-42-39-36-33-30-26-23-20-17-14-11-8-5-2)55-64-58(61)52-49-46-43-40-37-34-31-27-24-21-18-15-12-9-6-3/h17,20-21,24-26,28,30,36,39,56H,4-16,18-19,22-23,27,29,31-35,37-38,40-55H2,1-3H3/b20-17-,24-21-,28-25-,30-26-,39-36-/t56-/m1/s1. The normalized spacial score (nSPS) is 12.5. The highest BCUT2D eigenvalue weighted by Crippen LogP contribution is 2.15. The molecule has 376 valence electrons. The van der Waals surface area contributed by atoms with E-state index in [1.807, 2.05) is 0 Å². The summed E-state index contributed by atoms with van der Waals surface area (Å²) >= 11 is 0. The fourth-order valence-corrected chi connectivity index (χ4v) is 7.73. The highest BCUT2D eigenvalue weighted by molar-refractivity contribution is 5.71. The van der Waals surface area contributed by atoms with E-state index in [-0.39, 0.29) is 31.1 Å². The van der Waals surface area contributed by atoms with Gasteiger partial charge in [-0.3, -0.25) is 14.4 Å². The Hall–Kier alpha value is -2.89. The summed E-state index contributed by atoms with van der Waals surface area (Å²) in [5.41, 5.74) is 0. The van der Waals surface area contributed by atoms with Gasteiger partial charge in [0.15, 0.2) is 6.10 Å². The van der Waals surface area contributed by atoms with Crippen molar-refractivity contribution in [2.45, 2.75) is 284 Å². The molecule has 0 aromatic heterocycles. The van der Waals surface area contributed by atoms with Gasteiger partial charge in [-0.15, -0.1) is 0 Å². The van der Waals surface area contributed by atoms with Gasteiger partial charge < -0.3 is 14.2 Å². The molecule has 0 saturated carbocycles. The van der Waals surface area contributed by atoms with Crippen LogP contribution in [0.15, 0.2) is 60.8 Å². The molecule has 1 atom stereocenters. The largest absolute Gasteiger partial charge is 0.462 e. The minimum absolute atomic E-state index is 0.0895. The first-order valence-electron chi connectivity index (χ1n) is 27.8. The quantitative estimate of drug-likeness (QED) is 0.0262. The van der Waals surface area contributed by atoms with E-state index in [0.717, 1.165) is 70.6 Å². The Labute approximate surface area is 402 Å². The zero-order valence-corrected chi connectivity index (χ0v) is 43.0. The van der Waals surface area contributed by atoms with Gasteiger partial charge in [0.2, 0.25) is 0 Å². The van der Waals surface area contributed by atoms with Gasteiger partial charge in [-0.05, 0) is 109 Å². The fraction of sp³-hybridized carbons (Fsp3) is 0.780. The summed E-state index contributed by atoms with van der Waals surface area (Å²) in [7, 11) is 0. The van der Waals surface area contributed by atoms with Crippen molar-refractivity contribution in [2.24, 2.45) is 0 Å². The van der Waals surface area contributed by atoms with Crippen LogP contribution in [0.1, 0.15) is 278 Å². The summed E-state index contributed by atoms with van der Waals surface area (Å²) in [6.07, 6.45) is 66.3. The molecule has 0 fully saturated rings. The molecule has 0 unspecified atom stereocenters. The minimum atomic E-state index is -0.793. The van der Waals surface area contributed by atoms with Crippen LogP contribution in [0.25, 0.3) is 0 Å². The van der Waals surface area contributed by atoms with E-state index < -0.39 is 6.10 Å². The third kappa shape index (κ3) is 51.9. The molecule has 0 heterocycles.